The second-order valence-electron chi connectivity index (χ2n) is 6.57. The fraction of sp³-hybridized carbons (Fsp3) is 0.105. The molecule has 0 amide bonds. The average molecular weight is 403 g/mol. The van der Waals surface area contributed by atoms with Crippen LogP contribution in [0.1, 0.15) is 11.4 Å². The van der Waals surface area contributed by atoms with E-state index in [1.165, 1.54) is 21.6 Å². The van der Waals surface area contributed by atoms with E-state index in [2.05, 4.69) is 35.7 Å². The van der Waals surface area contributed by atoms with Crippen molar-refractivity contribution < 1.29 is 4.39 Å². The zero-order chi connectivity index (χ0) is 20.5. The van der Waals surface area contributed by atoms with Gasteiger partial charge in [0.1, 0.15) is 18.2 Å². The van der Waals surface area contributed by atoms with Gasteiger partial charge in [0.05, 0.1) is 6.54 Å². The molecular formula is C19H14FN9O. The predicted molar refractivity (Wildman–Crippen MR) is 104 cm³/mol. The SMILES string of the molecule is O=c1[nH]c(Cn2nnc(-c3ccccc3)n2)nc2c1nnn2Cc1ccc(F)cc1. The van der Waals surface area contributed by atoms with E-state index in [9.17, 15) is 9.18 Å². The molecule has 0 fully saturated rings. The summed E-state index contributed by atoms with van der Waals surface area (Å²) in [5, 5.41) is 20.3. The van der Waals surface area contributed by atoms with Crippen molar-refractivity contribution in [2.24, 2.45) is 0 Å². The number of hydrogen-bond acceptors (Lipinski definition) is 7. The summed E-state index contributed by atoms with van der Waals surface area (Å²) in [5.74, 6) is 0.489. The van der Waals surface area contributed by atoms with Crippen LogP contribution in [-0.2, 0) is 13.1 Å². The minimum absolute atomic E-state index is 0.118. The summed E-state index contributed by atoms with van der Waals surface area (Å²) in [6, 6.07) is 15.4. The predicted octanol–water partition coefficient (Wildman–Crippen LogP) is 1.40. The summed E-state index contributed by atoms with van der Waals surface area (Å²) in [7, 11) is 0. The van der Waals surface area contributed by atoms with E-state index < -0.39 is 5.56 Å². The summed E-state index contributed by atoms with van der Waals surface area (Å²) in [6.45, 7) is 0.416. The second-order valence-corrected chi connectivity index (χ2v) is 6.57. The van der Waals surface area contributed by atoms with Crippen LogP contribution >= 0.6 is 0 Å². The van der Waals surface area contributed by atoms with Gasteiger partial charge in [-0.25, -0.2) is 14.1 Å². The van der Waals surface area contributed by atoms with Crippen molar-refractivity contribution in [1.29, 1.82) is 0 Å². The van der Waals surface area contributed by atoms with E-state index in [0.717, 1.165) is 11.1 Å². The molecule has 0 unspecified atom stereocenters. The molecule has 0 aliphatic heterocycles. The van der Waals surface area contributed by atoms with Crippen LogP contribution < -0.4 is 5.56 Å². The Morgan fingerprint density at radius 2 is 1.73 bits per heavy atom. The Bertz CT molecular complexity index is 1370. The summed E-state index contributed by atoms with van der Waals surface area (Å²) < 4.78 is 14.6. The van der Waals surface area contributed by atoms with Crippen LogP contribution in [0.5, 0.6) is 0 Å². The summed E-state index contributed by atoms with van der Waals surface area (Å²) in [5.41, 5.74) is 1.67. The van der Waals surface area contributed by atoms with E-state index in [1.54, 1.807) is 12.1 Å². The second kappa shape index (κ2) is 7.28. The molecule has 3 heterocycles. The van der Waals surface area contributed by atoms with E-state index in [-0.39, 0.29) is 17.9 Å². The van der Waals surface area contributed by atoms with Crippen LogP contribution in [0.4, 0.5) is 4.39 Å². The molecule has 0 bridgehead atoms. The van der Waals surface area contributed by atoms with E-state index in [1.807, 2.05) is 30.3 Å². The fourth-order valence-electron chi connectivity index (χ4n) is 3.00. The molecule has 0 saturated heterocycles. The van der Waals surface area contributed by atoms with Gasteiger partial charge in [0.2, 0.25) is 5.82 Å². The number of nitrogens with zero attached hydrogens (tertiary/aromatic N) is 8. The maximum absolute atomic E-state index is 13.1. The lowest BCUT2D eigenvalue weighted by molar-refractivity contribution is 0.553. The Morgan fingerprint density at radius 1 is 0.933 bits per heavy atom. The van der Waals surface area contributed by atoms with Crippen molar-refractivity contribution in [3.8, 4) is 11.4 Å². The normalized spacial score (nSPS) is 11.2. The number of nitrogens with one attached hydrogen (secondary N) is 1. The Kier molecular flexibility index (Phi) is 4.32. The zero-order valence-corrected chi connectivity index (χ0v) is 15.5. The molecule has 0 aliphatic rings. The van der Waals surface area contributed by atoms with Gasteiger partial charge in [-0.3, -0.25) is 4.79 Å². The van der Waals surface area contributed by atoms with Gasteiger partial charge in [0, 0.05) is 5.56 Å². The van der Waals surface area contributed by atoms with E-state index in [4.69, 9.17) is 0 Å². The van der Waals surface area contributed by atoms with Crippen LogP contribution in [0.25, 0.3) is 22.6 Å². The molecule has 1 N–H and O–H groups in total. The molecule has 148 valence electrons. The average Bonchev–Trinajstić information content (AvgIpc) is 3.38. The highest BCUT2D eigenvalue weighted by Crippen LogP contribution is 2.12. The largest absolute Gasteiger partial charge is 0.307 e. The molecule has 11 heteroatoms. The van der Waals surface area contributed by atoms with Crippen molar-refractivity contribution in [2.75, 3.05) is 0 Å². The first-order valence-corrected chi connectivity index (χ1v) is 9.06. The van der Waals surface area contributed by atoms with Crippen LogP contribution in [0, 0.1) is 5.82 Å². The molecule has 0 spiro atoms. The van der Waals surface area contributed by atoms with Gasteiger partial charge in [-0.15, -0.1) is 15.3 Å². The number of tetrazole rings is 1. The summed E-state index contributed by atoms with van der Waals surface area (Å²) >= 11 is 0. The highest BCUT2D eigenvalue weighted by Gasteiger charge is 2.14. The third-order valence-electron chi connectivity index (χ3n) is 4.44. The number of H-pyrrole nitrogens is 1. The van der Waals surface area contributed by atoms with Crippen molar-refractivity contribution in [1.82, 2.24) is 45.2 Å². The molecule has 0 aliphatic carbocycles. The number of halogens is 1. The first-order chi connectivity index (χ1) is 14.7. The van der Waals surface area contributed by atoms with Gasteiger partial charge in [0.25, 0.3) is 5.56 Å². The van der Waals surface area contributed by atoms with Crippen molar-refractivity contribution >= 4 is 11.2 Å². The standard InChI is InChI=1S/C19H14FN9O/c20-14-8-6-12(7-9-14)10-28-18-16(23-26-28)19(30)22-15(21-18)11-29-25-17(24-27-29)13-4-2-1-3-5-13/h1-9H,10-11H2,(H,21,22,30). The Balaban J connectivity index is 1.45. The molecule has 10 nitrogen and oxygen atoms in total. The number of aromatic amines is 1. The lowest BCUT2D eigenvalue weighted by Crippen LogP contribution is -2.16. The molecule has 0 atom stereocenters. The van der Waals surface area contributed by atoms with Gasteiger partial charge in [-0.05, 0) is 22.9 Å². The molecule has 3 aromatic heterocycles. The topological polar surface area (TPSA) is 120 Å². The summed E-state index contributed by atoms with van der Waals surface area (Å²) in [6.07, 6.45) is 0. The number of aromatic nitrogens is 9. The first kappa shape index (κ1) is 17.8. The molecular weight excluding hydrogens is 389 g/mol. The zero-order valence-electron chi connectivity index (χ0n) is 15.5. The highest BCUT2D eigenvalue weighted by atomic mass is 19.1. The smallest absolute Gasteiger partial charge is 0.281 e. The first-order valence-electron chi connectivity index (χ1n) is 9.06. The maximum atomic E-state index is 13.1. The van der Waals surface area contributed by atoms with Gasteiger partial charge < -0.3 is 4.98 Å². The van der Waals surface area contributed by atoms with Crippen LogP contribution in [0.15, 0.2) is 59.4 Å². The molecule has 30 heavy (non-hydrogen) atoms. The molecule has 0 radical (unpaired) electrons. The van der Waals surface area contributed by atoms with E-state index >= 15 is 0 Å². The minimum atomic E-state index is -0.413. The van der Waals surface area contributed by atoms with Crippen molar-refractivity contribution in [2.45, 2.75) is 13.1 Å². The van der Waals surface area contributed by atoms with Gasteiger partial charge >= 0.3 is 0 Å². The monoisotopic (exact) mass is 403 g/mol. The Morgan fingerprint density at radius 3 is 2.53 bits per heavy atom. The third kappa shape index (κ3) is 3.43. The molecule has 2 aromatic carbocycles. The Labute approximate surface area is 168 Å². The van der Waals surface area contributed by atoms with Crippen LogP contribution in [0.3, 0.4) is 0 Å². The lowest BCUT2D eigenvalue weighted by Gasteiger charge is -2.03. The number of rotatable bonds is 5. The van der Waals surface area contributed by atoms with Gasteiger partial charge in [-0.1, -0.05) is 47.7 Å². The maximum Gasteiger partial charge on any atom is 0.281 e. The van der Waals surface area contributed by atoms with Crippen molar-refractivity contribution in [3.05, 3.63) is 82.2 Å². The van der Waals surface area contributed by atoms with Gasteiger partial charge in [-0.2, -0.15) is 4.80 Å². The van der Waals surface area contributed by atoms with E-state index in [0.29, 0.717) is 23.8 Å². The molecule has 5 rings (SSSR count). The third-order valence-corrected chi connectivity index (χ3v) is 4.44. The fourth-order valence-corrected chi connectivity index (χ4v) is 3.00. The molecule has 5 aromatic rings. The van der Waals surface area contributed by atoms with Gasteiger partial charge in [0.15, 0.2) is 11.2 Å². The number of benzene rings is 2. The minimum Gasteiger partial charge on any atom is -0.307 e. The Hall–Kier alpha value is -4.28. The summed E-state index contributed by atoms with van der Waals surface area (Å²) in [4.78, 5) is 20.9. The lowest BCUT2D eigenvalue weighted by atomic mass is 10.2. The quantitative estimate of drug-likeness (QED) is 0.471. The van der Waals surface area contributed by atoms with Crippen LogP contribution in [0.2, 0.25) is 0 Å². The molecule has 0 saturated carbocycles. The highest BCUT2D eigenvalue weighted by molar-refractivity contribution is 5.68. The number of fused-ring (bicyclic) bond motifs is 1. The van der Waals surface area contributed by atoms with Crippen molar-refractivity contribution in [3.63, 3.8) is 0 Å². The number of hydrogen-bond donors (Lipinski definition) is 1. The van der Waals surface area contributed by atoms with Crippen LogP contribution in [-0.4, -0.2) is 45.2 Å².